The van der Waals surface area contributed by atoms with Crippen molar-refractivity contribution in [3.05, 3.63) is 194 Å². The van der Waals surface area contributed by atoms with Gasteiger partial charge in [0.05, 0.1) is 0 Å². The molecule has 5 heterocycles. The molecule has 0 atom stereocenters. The predicted molar refractivity (Wildman–Crippen MR) is 257 cm³/mol. The van der Waals surface area contributed by atoms with Crippen LogP contribution < -0.4 is 61.0 Å². The van der Waals surface area contributed by atoms with Gasteiger partial charge in [-0.1, -0.05) is 0 Å². The van der Waals surface area contributed by atoms with Crippen LogP contribution in [0.3, 0.4) is 0 Å². The Balaban J connectivity index is 1.03. The molecule has 62 heavy (non-hydrogen) atoms. The van der Waals surface area contributed by atoms with Gasteiger partial charge in [-0.3, -0.25) is 0 Å². The number of ether oxygens (including phenoxy) is 2. The summed E-state index contributed by atoms with van der Waals surface area (Å²) >= 11 is -0.0472. The third-order valence-electron chi connectivity index (χ3n) is 13.0. The van der Waals surface area contributed by atoms with Crippen LogP contribution in [0.4, 0.5) is 34.1 Å². The van der Waals surface area contributed by atoms with Crippen molar-refractivity contribution >= 4 is 126 Å². The molecule has 0 amide bonds. The topological polar surface area (TPSA) is 38.1 Å². The van der Waals surface area contributed by atoms with Crippen molar-refractivity contribution in [2.24, 2.45) is 0 Å². The SMILES string of the molecule is c1ccc(Oc2cc3c4c(c2)N(c2ccccc2)c2ccccc2B4c2cc4c(cc2O3)[Se]c2cc3oc5ccccc5c3c3c2B4c2ccccc2N3c2ccccc2)cc1. The molecule has 0 saturated carbocycles. The fraction of sp³-hybridized carbons (Fsp3) is 0. The van der Waals surface area contributed by atoms with Crippen LogP contribution in [0.5, 0.6) is 23.0 Å². The maximum absolute atomic E-state index is 7.19. The van der Waals surface area contributed by atoms with Crippen LogP contribution in [0.25, 0.3) is 21.9 Å². The number of hydrogen-bond acceptors (Lipinski definition) is 5. The molecule has 14 rings (SSSR count). The van der Waals surface area contributed by atoms with E-state index in [2.05, 4.69) is 174 Å². The van der Waals surface area contributed by atoms with Crippen molar-refractivity contribution in [1.29, 1.82) is 0 Å². The van der Waals surface area contributed by atoms with E-state index in [9.17, 15) is 0 Å². The number of benzene rings is 9. The summed E-state index contributed by atoms with van der Waals surface area (Å²) < 4.78 is 23.2. The number of para-hydroxylation sites is 6. The van der Waals surface area contributed by atoms with Gasteiger partial charge in [-0.25, -0.2) is 0 Å². The summed E-state index contributed by atoms with van der Waals surface area (Å²) in [5.41, 5.74) is 16.3. The molecule has 0 N–H and O–H groups in total. The molecule has 9 aromatic carbocycles. The number of furan rings is 1. The molecule has 4 aliphatic heterocycles. The molecule has 4 aliphatic rings. The Morgan fingerprint density at radius 3 is 1.82 bits per heavy atom. The first kappa shape index (κ1) is 34.4. The minimum atomic E-state index is -0.0655. The number of hydrogen-bond donors (Lipinski definition) is 0. The zero-order chi connectivity index (χ0) is 40.5. The number of rotatable bonds is 4. The number of anilines is 6. The monoisotopic (exact) mass is 858 g/mol. The van der Waals surface area contributed by atoms with Crippen LogP contribution in [0.15, 0.2) is 199 Å². The molecule has 0 radical (unpaired) electrons. The molecular formula is C54H32B2N2O3Se. The maximum atomic E-state index is 7.19. The van der Waals surface area contributed by atoms with Gasteiger partial charge in [0.25, 0.3) is 0 Å². The van der Waals surface area contributed by atoms with Gasteiger partial charge in [0.2, 0.25) is 0 Å². The summed E-state index contributed by atoms with van der Waals surface area (Å²) in [6.07, 6.45) is 0. The average Bonchev–Trinajstić information content (AvgIpc) is 3.70. The molecule has 10 aromatic rings. The normalized spacial score (nSPS) is 13.7. The minimum absolute atomic E-state index is 0.00677. The van der Waals surface area contributed by atoms with Crippen LogP contribution in [0, 0.1) is 0 Å². The molecule has 0 fully saturated rings. The van der Waals surface area contributed by atoms with Crippen molar-refractivity contribution in [2.45, 2.75) is 0 Å². The molecule has 0 spiro atoms. The Bertz CT molecular complexity index is 3490. The van der Waals surface area contributed by atoms with Crippen molar-refractivity contribution in [1.82, 2.24) is 0 Å². The van der Waals surface area contributed by atoms with Gasteiger partial charge in [0.1, 0.15) is 0 Å². The van der Waals surface area contributed by atoms with Crippen LogP contribution >= 0.6 is 0 Å². The second-order valence-corrected chi connectivity index (χ2v) is 18.6. The quantitative estimate of drug-likeness (QED) is 0.168. The average molecular weight is 857 g/mol. The number of nitrogens with zero attached hydrogens (tertiary/aromatic N) is 2. The Morgan fingerprint density at radius 1 is 0.435 bits per heavy atom. The molecule has 0 saturated heterocycles. The van der Waals surface area contributed by atoms with Gasteiger partial charge in [-0.2, -0.15) is 0 Å². The Kier molecular flexibility index (Phi) is 7.24. The van der Waals surface area contributed by atoms with Gasteiger partial charge in [-0.05, 0) is 0 Å². The van der Waals surface area contributed by atoms with Crippen molar-refractivity contribution in [3.63, 3.8) is 0 Å². The van der Waals surface area contributed by atoms with E-state index in [4.69, 9.17) is 13.9 Å². The van der Waals surface area contributed by atoms with E-state index >= 15 is 0 Å². The van der Waals surface area contributed by atoms with Gasteiger partial charge in [-0.15, -0.1) is 0 Å². The fourth-order valence-corrected chi connectivity index (χ4v) is 13.0. The molecule has 8 heteroatoms. The second-order valence-electron chi connectivity index (χ2n) is 16.3. The number of fused-ring (bicyclic) bond motifs is 12. The van der Waals surface area contributed by atoms with E-state index in [0.717, 1.165) is 73.1 Å². The Labute approximate surface area is 365 Å². The van der Waals surface area contributed by atoms with E-state index in [1.165, 1.54) is 47.6 Å². The van der Waals surface area contributed by atoms with Crippen LogP contribution in [-0.2, 0) is 0 Å². The van der Waals surface area contributed by atoms with Gasteiger partial charge >= 0.3 is 367 Å². The zero-order valence-corrected chi connectivity index (χ0v) is 34.9. The van der Waals surface area contributed by atoms with E-state index < -0.39 is 0 Å². The Morgan fingerprint density at radius 2 is 1.06 bits per heavy atom. The summed E-state index contributed by atoms with van der Waals surface area (Å²) in [6.45, 7) is -0.0587. The van der Waals surface area contributed by atoms with Crippen molar-refractivity contribution in [2.75, 3.05) is 9.80 Å². The molecule has 5 nitrogen and oxygen atoms in total. The van der Waals surface area contributed by atoms with Crippen LogP contribution in [-0.4, -0.2) is 28.4 Å². The van der Waals surface area contributed by atoms with Crippen LogP contribution in [0.1, 0.15) is 0 Å². The Hall–Kier alpha value is -7.37. The summed E-state index contributed by atoms with van der Waals surface area (Å²) in [5.74, 6) is 3.23. The summed E-state index contributed by atoms with van der Waals surface area (Å²) in [5, 5.41) is 2.30. The van der Waals surface area contributed by atoms with E-state index in [1.54, 1.807) is 0 Å². The second kappa shape index (κ2) is 13.1. The standard InChI is InChI=1S/C54H32B2N2O3Se/c1-4-16-33(17-5-1)57-42-25-13-11-23-38(42)55-40-30-41-49(31-46(40)61-48-29-36(28-44(57)52(48)55)59-35-20-8-3-9-21-35)62-50-32-47-51(37-22-10-15-27-45(37)60-47)54-53(50)56(41)39-24-12-14-26-43(39)58(54)34-18-6-2-7-19-34/h1-32H. The zero-order valence-electron chi connectivity index (χ0n) is 33.2. The van der Waals surface area contributed by atoms with Gasteiger partial charge in [0, 0.05) is 0 Å². The van der Waals surface area contributed by atoms with Crippen molar-refractivity contribution < 1.29 is 13.9 Å². The fourth-order valence-electron chi connectivity index (χ4n) is 10.5. The van der Waals surface area contributed by atoms with Crippen molar-refractivity contribution in [3.8, 4) is 23.0 Å². The van der Waals surface area contributed by atoms with E-state index in [-0.39, 0.29) is 28.4 Å². The summed E-state index contributed by atoms with van der Waals surface area (Å²) in [7, 11) is 0. The third kappa shape index (κ3) is 4.88. The van der Waals surface area contributed by atoms with Crippen LogP contribution in [0.2, 0.25) is 0 Å². The summed E-state index contributed by atoms with van der Waals surface area (Å²) in [4.78, 5) is 4.86. The molecule has 0 aliphatic carbocycles. The van der Waals surface area contributed by atoms with Gasteiger partial charge in [0.15, 0.2) is 0 Å². The first-order valence-corrected chi connectivity index (χ1v) is 22.8. The molecule has 0 unspecified atom stereocenters. The predicted octanol–water partition coefficient (Wildman–Crippen LogP) is 8.05. The van der Waals surface area contributed by atoms with E-state index in [0.29, 0.717) is 0 Å². The van der Waals surface area contributed by atoms with E-state index in [1.807, 2.05) is 30.3 Å². The third-order valence-corrected chi connectivity index (χ3v) is 15.3. The van der Waals surface area contributed by atoms with Gasteiger partial charge < -0.3 is 0 Å². The molecule has 288 valence electrons. The molecule has 0 bridgehead atoms. The summed E-state index contributed by atoms with van der Waals surface area (Å²) in [6, 6.07) is 69.3. The molecular weight excluding hydrogens is 825 g/mol. The first-order valence-electron chi connectivity index (χ1n) is 21.1. The first-order chi connectivity index (χ1) is 30.7. The molecule has 1 aromatic heterocycles.